The van der Waals surface area contributed by atoms with Crippen LogP contribution in [0.25, 0.3) is 11.3 Å². The molecule has 0 amide bonds. The second kappa shape index (κ2) is 4.13. The van der Waals surface area contributed by atoms with Gasteiger partial charge in [0, 0.05) is 24.6 Å². The van der Waals surface area contributed by atoms with Crippen LogP contribution in [0.1, 0.15) is 17.5 Å². The van der Waals surface area contributed by atoms with Gasteiger partial charge >= 0.3 is 0 Å². The van der Waals surface area contributed by atoms with Gasteiger partial charge in [-0.05, 0) is 35.7 Å². The monoisotopic (exact) mass is 223 g/mol. The summed E-state index contributed by atoms with van der Waals surface area (Å²) in [6.07, 6.45) is 3.95. The van der Waals surface area contributed by atoms with E-state index in [1.807, 2.05) is 18.2 Å². The van der Waals surface area contributed by atoms with Crippen LogP contribution in [0.5, 0.6) is 0 Å². The summed E-state index contributed by atoms with van der Waals surface area (Å²) in [6.45, 7) is 0. The molecule has 3 rings (SSSR count). The van der Waals surface area contributed by atoms with Gasteiger partial charge in [-0.25, -0.2) is 0 Å². The Morgan fingerprint density at radius 2 is 1.94 bits per heavy atom. The molecule has 1 aromatic heterocycles. The second-order valence-electron chi connectivity index (χ2n) is 4.41. The van der Waals surface area contributed by atoms with E-state index in [9.17, 15) is 4.79 Å². The van der Waals surface area contributed by atoms with Crippen molar-refractivity contribution in [1.82, 2.24) is 4.98 Å². The lowest BCUT2D eigenvalue weighted by molar-refractivity contribution is -0.118. The van der Waals surface area contributed by atoms with Crippen molar-refractivity contribution >= 4 is 5.78 Å². The molecule has 0 atom stereocenters. The van der Waals surface area contributed by atoms with Crippen LogP contribution in [0.2, 0.25) is 0 Å². The van der Waals surface area contributed by atoms with Crippen molar-refractivity contribution in [3.8, 4) is 11.3 Å². The van der Waals surface area contributed by atoms with E-state index in [1.54, 1.807) is 6.20 Å². The third-order valence-electron chi connectivity index (χ3n) is 3.23. The number of pyridine rings is 1. The molecule has 0 bridgehead atoms. The summed E-state index contributed by atoms with van der Waals surface area (Å²) in [5, 5.41) is 0. The largest absolute Gasteiger partial charge is 0.299 e. The van der Waals surface area contributed by atoms with Gasteiger partial charge in [0.25, 0.3) is 0 Å². The van der Waals surface area contributed by atoms with E-state index in [0.29, 0.717) is 18.6 Å². The molecule has 1 aliphatic carbocycles. The molecule has 1 aliphatic rings. The lowest BCUT2D eigenvalue weighted by Gasteiger charge is -2.15. The third kappa shape index (κ3) is 1.98. The molecule has 84 valence electrons. The molecule has 1 heterocycles. The van der Waals surface area contributed by atoms with Gasteiger partial charge in [-0.2, -0.15) is 0 Å². The van der Waals surface area contributed by atoms with Crippen molar-refractivity contribution in [2.75, 3.05) is 0 Å². The number of benzene rings is 1. The predicted octanol–water partition coefficient (Wildman–Crippen LogP) is 2.81. The molecule has 2 heteroatoms. The fourth-order valence-electron chi connectivity index (χ4n) is 2.30. The summed E-state index contributed by atoms with van der Waals surface area (Å²) >= 11 is 0. The highest BCUT2D eigenvalue weighted by molar-refractivity contribution is 5.83. The maximum absolute atomic E-state index is 11.4. The van der Waals surface area contributed by atoms with Crippen LogP contribution in [0.15, 0.2) is 42.6 Å². The fourth-order valence-corrected chi connectivity index (χ4v) is 2.30. The maximum Gasteiger partial charge on any atom is 0.137 e. The molecular formula is C15H13NO. The molecule has 0 N–H and O–H groups in total. The molecule has 0 fully saturated rings. The van der Waals surface area contributed by atoms with Gasteiger partial charge in [0.15, 0.2) is 0 Å². The minimum atomic E-state index is 0.350. The van der Waals surface area contributed by atoms with Gasteiger partial charge in [0.05, 0.1) is 5.69 Å². The first kappa shape index (κ1) is 10.2. The second-order valence-corrected chi connectivity index (χ2v) is 4.41. The lowest BCUT2D eigenvalue weighted by atomic mass is 9.89. The molecule has 1 aromatic carbocycles. The highest BCUT2D eigenvalue weighted by Crippen LogP contribution is 2.25. The number of ketones is 1. The Labute approximate surface area is 100 Å². The molecule has 0 radical (unpaired) electrons. The van der Waals surface area contributed by atoms with E-state index in [-0.39, 0.29) is 0 Å². The van der Waals surface area contributed by atoms with Crippen LogP contribution in [0, 0.1) is 0 Å². The number of hydrogen-bond acceptors (Lipinski definition) is 2. The van der Waals surface area contributed by atoms with Crippen LogP contribution in [0.4, 0.5) is 0 Å². The van der Waals surface area contributed by atoms with Crippen LogP contribution in [-0.4, -0.2) is 10.8 Å². The van der Waals surface area contributed by atoms with Crippen molar-refractivity contribution in [2.24, 2.45) is 0 Å². The van der Waals surface area contributed by atoms with E-state index in [4.69, 9.17) is 0 Å². The molecule has 0 aliphatic heterocycles. The first-order valence-corrected chi connectivity index (χ1v) is 5.88. The average molecular weight is 223 g/mol. The molecule has 0 unspecified atom stereocenters. The van der Waals surface area contributed by atoms with Gasteiger partial charge in [-0.1, -0.05) is 18.2 Å². The number of hydrogen-bond donors (Lipinski definition) is 0. The number of aromatic nitrogens is 1. The molecule has 2 aromatic rings. The standard InChI is InChI=1S/C15H13NO/c17-14-7-6-11-9-13(5-4-12(11)10-14)15-3-1-2-8-16-15/h1-5,8-9H,6-7,10H2. The Morgan fingerprint density at radius 1 is 1.00 bits per heavy atom. The number of carbonyl (C=O) groups excluding carboxylic acids is 1. The van der Waals surface area contributed by atoms with Crippen molar-refractivity contribution in [3.63, 3.8) is 0 Å². The Hall–Kier alpha value is -1.96. The summed E-state index contributed by atoms with van der Waals surface area (Å²) in [5.74, 6) is 0.350. The molecular weight excluding hydrogens is 210 g/mol. The number of fused-ring (bicyclic) bond motifs is 1. The molecule has 17 heavy (non-hydrogen) atoms. The number of rotatable bonds is 1. The quantitative estimate of drug-likeness (QED) is 0.744. The van der Waals surface area contributed by atoms with Crippen molar-refractivity contribution in [3.05, 3.63) is 53.7 Å². The number of aryl methyl sites for hydroxylation is 1. The van der Waals surface area contributed by atoms with Crippen LogP contribution < -0.4 is 0 Å². The first-order valence-electron chi connectivity index (χ1n) is 5.88. The number of carbonyl (C=O) groups is 1. The van der Waals surface area contributed by atoms with Gasteiger partial charge < -0.3 is 0 Å². The zero-order valence-corrected chi connectivity index (χ0v) is 9.52. The normalized spacial score (nSPS) is 14.5. The molecule has 2 nitrogen and oxygen atoms in total. The summed E-state index contributed by atoms with van der Waals surface area (Å²) in [4.78, 5) is 15.7. The van der Waals surface area contributed by atoms with E-state index >= 15 is 0 Å². The summed E-state index contributed by atoms with van der Waals surface area (Å²) in [6, 6.07) is 12.2. The predicted molar refractivity (Wildman–Crippen MR) is 66.7 cm³/mol. The Balaban J connectivity index is 2.02. The molecule has 0 spiro atoms. The zero-order valence-electron chi connectivity index (χ0n) is 9.52. The number of nitrogens with zero attached hydrogens (tertiary/aromatic N) is 1. The van der Waals surface area contributed by atoms with Gasteiger partial charge in [0.1, 0.15) is 5.78 Å². The first-order chi connectivity index (χ1) is 8.33. The van der Waals surface area contributed by atoms with E-state index in [1.165, 1.54) is 11.1 Å². The van der Waals surface area contributed by atoms with Crippen molar-refractivity contribution in [1.29, 1.82) is 0 Å². The molecule has 0 saturated heterocycles. The zero-order chi connectivity index (χ0) is 11.7. The van der Waals surface area contributed by atoms with Gasteiger partial charge in [-0.15, -0.1) is 0 Å². The summed E-state index contributed by atoms with van der Waals surface area (Å²) in [7, 11) is 0. The lowest BCUT2D eigenvalue weighted by Crippen LogP contribution is -2.13. The third-order valence-corrected chi connectivity index (χ3v) is 3.23. The number of Topliss-reactive ketones (excluding diaryl/α,β-unsaturated/α-hetero) is 1. The highest BCUT2D eigenvalue weighted by atomic mass is 16.1. The van der Waals surface area contributed by atoms with Gasteiger partial charge in [-0.3, -0.25) is 9.78 Å². The molecule has 0 saturated carbocycles. The van der Waals surface area contributed by atoms with Gasteiger partial charge in [0.2, 0.25) is 0 Å². The Morgan fingerprint density at radius 3 is 2.76 bits per heavy atom. The minimum Gasteiger partial charge on any atom is -0.299 e. The minimum absolute atomic E-state index is 0.350. The topological polar surface area (TPSA) is 30.0 Å². The van der Waals surface area contributed by atoms with Crippen LogP contribution in [0.3, 0.4) is 0 Å². The summed E-state index contributed by atoms with van der Waals surface area (Å²) in [5.41, 5.74) is 4.61. The van der Waals surface area contributed by atoms with E-state index in [0.717, 1.165) is 17.7 Å². The van der Waals surface area contributed by atoms with Crippen molar-refractivity contribution in [2.45, 2.75) is 19.3 Å². The SMILES string of the molecule is O=C1CCc2cc(-c3ccccn3)ccc2C1. The average Bonchev–Trinajstić information content (AvgIpc) is 2.39. The highest BCUT2D eigenvalue weighted by Gasteiger charge is 2.15. The fraction of sp³-hybridized carbons (Fsp3) is 0.200. The van der Waals surface area contributed by atoms with Crippen molar-refractivity contribution < 1.29 is 4.79 Å². The maximum atomic E-state index is 11.4. The van der Waals surface area contributed by atoms with Crippen LogP contribution in [-0.2, 0) is 17.6 Å². The Kier molecular flexibility index (Phi) is 2.48. The van der Waals surface area contributed by atoms with E-state index in [2.05, 4.69) is 23.2 Å². The Bertz CT molecular complexity index is 560. The summed E-state index contributed by atoms with van der Waals surface area (Å²) < 4.78 is 0. The van der Waals surface area contributed by atoms with E-state index < -0.39 is 0 Å². The van der Waals surface area contributed by atoms with Crippen LogP contribution >= 0.6 is 0 Å². The smallest absolute Gasteiger partial charge is 0.137 e.